The van der Waals surface area contributed by atoms with Gasteiger partial charge in [-0.15, -0.1) is 22.7 Å². The van der Waals surface area contributed by atoms with E-state index in [2.05, 4.69) is 276 Å². The lowest BCUT2D eigenvalue weighted by molar-refractivity contribution is 1.36. The summed E-state index contributed by atoms with van der Waals surface area (Å²) in [7, 11) is 0. The van der Waals surface area contributed by atoms with Crippen LogP contribution in [0.4, 0.5) is 0 Å². The molecule has 378 valence electrons. The zero-order chi connectivity index (χ0) is 53.3. The Hall–Kier alpha value is -10.1. The molecule has 0 aliphatic rings. The first kappa shape index (κ1) is 44.7. The number of nitrogens with zero attached hydrogens (tertiary/aromatic N) is 2. The molecule has 0 saturated carbocycles. The normalized spacial score (nSPS) is 12.4. The van der Waals surface area contributed by atoms with Gasteiger partial charge < -0.3 is 8.80 Å². The first-order valence-corrected chi connectivity index (χ1v) is 29.9. The van der Waals surface area contributed by atoms with Gasteiger partial charge in [0.25, 0.3) is 0 Å². The minimum atomic E-state index is 1.20. The molecule has 0 bridgehead atoms. The van der Waals surface area contributed by atoms with Gasteiger partial charge in [0.15, 0.2) is 0 Å². The molecule has 0 spiro atoms. The molecule has 0 unspecified atom stereocenters. The van der Waals surface area contributed by atoms with Crippen LogP contribution in [-0.2, 0) is 0 Å². The van der Waals surface area contributed by atoms with Crippen molar-refractivity contribution >= 4 is 139 Å². The molecule has 19 rings (SSSR count). The van der Waals surface area contributed by atoms with Crippen molar-refractivity contribution in [2.24, 2.45) is 0 Å². The quantitative estimate of drug-likeness (QED) is 0.157. The third-order valence-corrected chi connectivity index (χ3v) is 20.2. The first-order chi connectivity index (χ1) is 40.7. The molecule has 6 aromatic heterocycles. The first-order valence-electron chi connectivity index (χ1n) is 28.2. The zero-order valence-electron chi connectivity index (χ0n) is 44.1. The molecule has 0 radical (unpaired) electrons. The average Bonchev–Trinajstić information content (AvgIpc) is 2.64. The molecule has 82 heavy (non-hydrogen) atoms. The van der Waals surface area contributed by atoms with Crippen molar-refractivity contribution in [1.82, 2.24) is 8.80 Å². The Balaban J connectivity index is 1.00. The van der Waals surface area contributed by atoms with Crippen molar-refractivity contribution in [3.05, 3.63) is 267 Å². The molecule has 0 N–H and O–H groups in total. The Morgan fingerprint density at radius 2 is 0.549 bits per heavy atom. The van der Waals surface area contributed by atoms with Crippen LogP contribution in [0.1, 0.15) is 0 Å². The number of benzene rings is 13. The second-order valence-electron chi connectivity index (χ2n) is 22.2. The van der Waals surface area contributed by atoms with Gasteiger partial charge in [-0.1, -0.05) is 194 Å². The number of thiophene rings is 2. The molecule has 0 amide bonds. The van der Waals surface area contributed by atoms with E-state index in [1.54, 1.807) is 0 Å². The van der Waals surface area contributed by atoms with E-state index >= 15 is 0 Å². The Bertz CT molecular complexity index is 5370. The van der Waals surface area contributed by atoms with Crippen LogP contribution in [-0.4, -0.2) is 8.80 Å². The Morgan fingerprint density at radius 1 is 0.207 bits per heavy atom. The van der Waals surface area contributed by atoms with Gasteiger partial charge in [-0.05, 0) is 140 Å². The summed E-state index contributed by atoms with van der Waals surface area (Å²) in [5, 5.41) is 15.5. The van der Waals surface area contributed by atoms with Gasteiger partial charge in [0.05, 0.1) is 33.1 Å². The summed E-state index contributed by atoms with van der Waals surface area (Å²) in [5.41, 5.74) is 22.1. The highest BCUT2D eigenvalue weighted by molar-refractivity contribution is 7.26. The van der Waals surface area contributed by atoms with Gasteiger partial charge in [0, 0.05) is 83.4 Å². The van der Waals surface area contributed by atoms with E-state index in [9.17, 15) is 0 Å². The second-order valence-corrected chi connectivity index (χ2v) is 24.3. The third-order valence-electron chi connectivity index (χ3n) is 18.0. The maximum atomic E-state index is 2.62. The van der Waals surface area contributed by atoms with E-state index in [1.807, 2.05) is 22.7 Å². The van der Waals surface area contributed by atoms with E-state index in [-0.39, 0.29) is 0 Å². The fraction of sp³-hybridized carbons (Fsp3) is 0. The summed E-state index contributed by atoms with van der Waals surface area (Å²) in [4.78, 5) is 0. The second kappa shape index (κ2) is 16.7. The van der Waals surface area contributed by atoms with Gasteiger partial charge >= 0.3 is 0 Å². The summed E-state index contributed by atoms with van der Waals surface area (Å²) >= 11 is 3.80. The average molecular weight is 1070 g/mol. The molecular weight excluding hydrogens is 1030 g/mol. The van der Waals surface area contributed by atoms with Crippen LogP contribution in [0.25, 0.3) is 183 Å². The third kappa shape index (κ3) is 6.07. The highest BCUT2D eigenvalue weighted by Crippen LogP contribution is 2.53. The maximum Gasteiger partial charge on any atom is 0.0621 e. The predicted octanol–water partition coefficient (Wildman–Crippen LogP) is 22.7. The monoisotopic (exact) mass is 1070 g/mol. The number of fused-ring (bicyclic) bond motifs is 20. The summed E-state index contributed by atoms with van der Waals surface area (Å²) in [5.74, 6) is 0. The van der Waals surface area contributed by atoms with Crippen LogP contribution in [0.15, 0.2) is 267 Å². The lowest BCUT2D eigenvalue weighted by Crippen LogP contribution is -1.91. The molecule has 13 aromatic carbocycles. The Morgan fingerprint density at radius 3 is 0.927 bits per heavy atom. The van der Waals surface area contributed by atoms with Crippen molar-refractivity contribution in [3.63, 3.8) is 0 Å². The van der Waals surface area contributed by atoms with E-state index in [4.69, 9.17) is 0 Å². The molecular formula is C78H44N2S2. The molecule has 0 fully saturated rings. The lowest BCUT2D eigenvalue weighted by atomic mass is 9.86. The van der Waals surface area contributed by atoms with Crippen LogP contribution in [0.5, 0.6) is 0 Å². The SMILES string of the molecule is c1ccc(-c2cccc(-c3ccccc3)c2-c2cc3c4cc5c(cc4n4c6ccc7sc8ccccc8c7c6c(c2)c34)c2cc(-c3c(-c4ccccc4)cccc3-c3ccccc3)cc3c4c6c(ccc4n5c23)sc2ccccc26)cc1. The van der Waals surface area contributed by atoms with Crippen LogP contribution in [0.3, 0.4) is 0 Å². The van der Waals surface area contributed by atoms with Crippen LogP contribution in [0, 0.1) is 0 Å². The van der Waals surface area contributed by atoms with Crippen LogP contribution >= 0.6 is 22.7 Å². The Labute approximate surface area is 478 Å². The number of aromatic nitrogens is 2. The van der Waals surface area contributed by atoms with Gasteiger partial charge in [0.1, 0.15) is 0 Å². The predicted molar refractivity (Wildman–Crippen MR) is 354 cm³/mol. The summed E-state index contributed by atoms with van der Waals surface area (Å²) in [6.07, 6.45) is 0. The number of rotatable bonds is 6. The van der Waals surface area contributed by atoms with E-state index < -0.39 is 0 Å². The molecule has 2 nitrogen and oxygen atoms in total. The fourth-order valence-corrected chi connectivity index (χ4v) is 16.9. The molecule has 0 aliphatic carbocycles. The molecule has 6 heterocycles. The van der Waals surface area contributed by atoms with Crippen molar-refractivity contribution in [2.45, 2.75) is 0 Å². The summed E-state index contributed by atoms with van der Waals surface area (Å²) in [6.45, 7) is 0. The largest absolute Gasteiger partial charge is 0.308 e. The molecule has 4 heteroatoms. The minimum absolute atomic E-state index is 1.20. The van der Waals surface area contributed by atoms with Crippen LogP contribution < -0.4 is 0 Å². The standard InChI is InChI=1S/C78H44N2S2/c1-5-19-45(20-6-1)51-29-17-30-52(46-21-7-2-8-22-46)71(51)49-39-59-57-43-66-58(44-65(57)79-63-35-37-69-75(73(63)61(41-49)77(59)79)55-27-13-15-33-67(55)81-69)60-40-50(72-53(47-23-9-3-10-24-47)31-18-32-54(72)48-25-11-4-12-26-48)42-62-74-64(80(66)78(60)62)36-38-70-76(74)56-28-14-16-34-68(56)82-70/h1-44H. The van der Waals surface area contributed by atoms with E-state index in [0.29, 0.717) is 0 Å². The van der Waals surface area contributed by atoms with E-state index in [0.717, 1.165) is 0 Å². The van der Waals surface area contributed by atoms with Crippen molar-refractivity contribution in [2.75, 3.05) is 0 Å². The van der Waals surface area contributed by atoms with Gasteiger partial charge in [-0.2, -0.15) is 0 Å². The summed E-state index contributed by atoms with van der Waals surface area (Å²) < 4.78 is 10.5. The summed E-state index contributed by atoms with van der Waals surface area (Å²) in [6, 6.07) is 100. The van der Waals surface area contributed by atoms with Crippen molar-refractivity contribution in [1.29, 1.82) is 0 Å². The van der Waals surface area contributed by atoms with Crippen LogP contribution in [0.2, 0.25) is 0 Å². The molecule has 0 saturated heterocycles. The minimum Gasteiger partial charge on any atom is -0.308 e. The fourth-order valence-electron chi connectivity index (χ4n) is 14.6. The van der Waals surface area contributed by atoms with Gasteiger partial charge in [-0.3, -0.25) is 0 Å². The molecule has 19 aromatic rings. The highest BCUT2D eigenvalue weighted by Gasteiger charge is 2.28. The topological polar surface area (TPSA) is 8.82 Å². The number of hydrogen-bond acceptors (Lipinski definition) is 2. The number of hydrogen-bond donors (Lipinski definition) is 0. The maximum absolute atomic E-state index is 2.62. The van der Waals surface area contributed by atoms with Gasteiger partial charge in [-0.25, -0.2) is 0 Å². The molecule has 0 atom stereocenters. The van der Waals surface area contributed by atoms with Crippen molar-refractivity contribution < 1.29 is 0 Å². The molecule has 0 aliphatic heterocycles. The highest BCUT2D eigenvalue weighted by atomic mass is 32.1. The smallest absolute Gasteiger partial charge is 0.0621 e. The lowest BCUT2D eigenvalue weighted by Gasteiger charge is -2.17. The zero-order valence-corrected chi connectivity index (χ0v) is 45.7. The van der Waals surface area contributed by atoms with E-state index in [1.165, 1.54) is 183 Å². The van der Waals surface area contributed by atoms with Gasteiger partial charge in [0.2, 0.25) is 0 Å². The van der Waals surface area contributed by atoms with Crippen molar-refractivity contribution in [3.8, 4) is 66.8 Å². The Kier molecular flexibility index (Phi) is 9.12.